The van der Waals surface area contributed by atoms with Crippen molar-refractivity contribution in [2.24, 2.45) is 0 Å². The molecular weight excluding hydrogens is 335 g/mol. The van der Waals surface area contributed by atoms with Gasteiger partial charge in [-0.3, -0.25) is 0 Å². The lowest BCUT2D eigenvalue weighted by atomic mass is 10.1. The van der Waals surface area contributed by atoms with E-state index in [1.807, 2.05) is 0 Å². The molecule has 1 aromatic carbocycles. The van der Waals surface area contributed by atoms with E-state index in [0.29, 0.717) is 12.1 Å². The predicted octanol–water partition coefficient (Wildman–Crippen LogP) is 4.34. The van der Waals surface area contributed by atoms with Crippen LogP contribution in [-0.2, 0) is 6.18 Å². The Labute approximate surface area is 112 Å². The number of anilines is 1. The number of benzene rings is 1. The highest BCUT2D eigenvalue weighted by Gasteiger charge is 2.34. The van der Waals surface area contributed by atoms with Gasteiger partial charge in [0.25, 0.3) is 0 Å². The Kier molecular flexibility index (Phi) is 3.38. The van der Waals surface area contributed by atoms with Gasteiger partial charge in [-0.25, -0.2) is 13.8 Å². The lowest BCUT2D eigenvalue weighted by molar-refractivity contribution is -0.140. The third-order valence-electron chi connectivity index (χ3n) is 2.49. The number of hydrogen-bond acceptors (Lipinski definition) is 2. The largest absolute Gasteiger partial charge is 0.433 e. The summed E-state index contributed by atoms with van der Waals surface area (Å²) in [5, 5.41) is 2.40. The summed E-state index contributed by atoms with van der Waals surface area (Å²) in [6.07, 6.45) is -4.72. The SMILES string of the molecule is CNc1cc(C(F)(F)F)nc2c(F)cc(F)c(Br)c12. The van der Waals surface area contributed by atoms with Crippen LogP contribution in [-0.4, -0.2) is 12.0 Å². The Hall–Kier alpha value is -1.44. The highest BCUT2D eigenvalue weighted by Crippen LogP contribution is 2.37. The second kappa shape index (κ2) is 4.59. The van der Waals surface area contributed by atoms with E-state index in [1.54, 1.807) is 0 Å². The molecule has 0 saturated heterocycles. The molecule has 0 atom stereocenters. The number of nitrogens with one attached hydrogen (secondary N) is 1. The molecule has 0 bridgehead atoms. The first kappa shape index (κ1) is 14.0. The standard InChI is InChI=1S/C11H6BrF5N2/c1-18-6-3-7(11(15,16)17)19-10-5(14)2-4(13)9(12)8(6)10/h2-3H,1H3,(H,18,19). The Morgan fingerprint density at radius 3 is 2.32 bits per heavy atom. The fraction of sp³-hybridized carbons (Fsp3) is 0.182. The number of halogens is 6. The van der Waals surface area contributed by atoms with Crippen LogP contribution in [0.1, 0.15) is 5.69 Å². The number of rotatable bonds is 1. The molecule has 2 nitrogen and oxygen atoms in total. The molecule has 0 fully saturated rings. The summed E-state index contributed by atoms with van der Waals surface area (Å²) in [7, 11) is 1.35. The highest BCUT2D eigenvalue weighted by molar-refractivity contribution is 9.10. The summed E-state index contributed by atoms with van der Waals surface area (Å²) in [4.78, 5) is 3.22. The van der Waals surface area contributed by atoms with Gasteiger partial charge < -0.3 is 5.32 Å². The molecular formula is C11H6BrF5N2. The summed E-state index contributed by atoms with van der Waals surface area (Å²) in [5.41, 5.74) is -1.86. The third-order valence-corrected chi connectivity index (χ3v) is 3.26. The predicted molar refractivity (Wildman–Crippen MR) is 63.9 cm³/mol. The van der Waals surface area contributed by atoms with Crippen molar-refractivity contribution < 1.29 is 22.0 Å². The molecule has 8 heteroatoms. The number of nitrogens with zero attached hydrogens (tertiary/aromatic N) is 1. The molecule has 19 heavy (non-hydrogen) atoms. The third kappa shape index (κ3) is 2.36. The Bertz CT molecular complexity index is 654. The van der Waals surface area contributed by atoms with Crippen LogP contribution in [0.5, 0.6) is 0 Å². The molecule has 0 radical (unpaired) electrons. The molecule has 2 aromatic rings. The average molecular weight is 341 g/mol. The molecule has 0 aliphatic heterocycles. The Morgan fingerprint density at radius 1 is 1.16 bits per heavy atom. The molecule has 1 aromatic heterocycles. The maximum absolute atomic E-state index is 13.6. The van der Waals surface area contributed by atoms with E-state index in [1.165, 1.54) is 7.05 Å². The lowest BCUT2D eigenvalue weighted by Crippen LogP contribution is -2.10. The van der Waals surface area contributed by atoms with Gasteiger partial charge in [-0.2, -0.15) is 13.2 Å². The fourth-order valence-corrected chi connectivity index (χ4v) is 2.16. The first-order valence-electron chi connectivity index (χ1n) is 4.99. The van der Waals surface area contributed by atoms with Crippen molar-refractivity contribution in [2.45, 2.75) is 6.18 Å². The number of hydrogen-bond donors (Lipinski definition) is 1. The summed E-state index contributed by atoms with van der Waals surface area (Å²) < 4.78 is 64.8. The van der Waals surface area contributed by atoms with E-state index in [0.717, 1.165) is 0 Å². The minimum Gasteiger partial charge on any atom is -0.387 e. The molecule has 0 spiro atoms. The molecule has 102 valence electrons. The van der Waals surface area contributed by atoms with Crippen molar-refractivity contribution in [3.05, 3.63) is 33.9 Å². The van der Waals surface area contributed by atoms with Gasteiger partial charge in [-0.05, 0) is 22.0 Å². The summed E-state index contributed by atoms with van der Waals surface area (Å²) in [6, 6.07) is 1.19. The summed E-state index contributed by atoms with van der Waals surface area (Å²) >= 11 is 2.88. The topological polar surface area (TPSA) is 24.9 Å². The fourth-order valence-electron chi connectivity index (χ4n) is 1.64. The number of alkyl halides is 3. The van der Waals surface area contributed by atoms with Crippen LogP contribution in [0.15, 0.2) is 16.6 Å². The zero-order valence-electron chi connectivity index (χ0n) is 9.37. The minimum atomic E-state index is -4.72. The maximum atomic E-state index is 13.6. The van der Waals surface area contributed by atoms with Crippen LogP contribution in [0.3, 0.4) is 0 Å². The van der Waals surface area contributed by atoms with Crippen molar-refractivity contribution in [1.82, 2.24) is 4.98 Å². The molecule has 0 unspecified atom stereocenters. The highest BCUT2D eigenvalue weighted by atomic mass is 79.9. The van der Waals surface area contributed by atoms with Gasteiger partial charge in [0, 0.05) is 24.2 Å². The maximum Gasteiger partial charge on any atom is 0.433 e. The molecule has 2 rings (SSSR count). The summed E-state index contributed by atoms with van der Waals surface area (Å²) in [6.45, 7) is 0. The number of aromatic nitrogens is 1. The number of fused-ring (bicyclic) bond motifs is 1. The zero-order valence-corrected chi connectivity index (χ0v) is 11.0. The first-order chi connectivity index (χ1) is 8.75. The zero-order chi connectivity index (χ0) is 14.4. The van der Waals surface area contributed by atoms with E-state index in [-0.39, 0.29) is 15.5 Å². The van der Waals surface area contributed by atoms with Crippen molar-refractivity contribution in [3.63, 3.8) is 0 Å². The van der Waals surface area contributed by atoms with Gasteiger partial charge in [-0.1, -0.05) is 0 Å². The van der Waals surface area contributed by atoms with Crippen molar-refractivity contribution in [2.75, 3.05) is 12.4 Å². The second-order valence-corrected chi connectivity index (χ2v) is 4.47. The van der Waals surface area contributed by atoms with Gasteiger partial charge >= 0.3 is 6.18 Å². The van der Waals surface area contributed by atoms with Gasteiger partial charge in [-0.15, -0.1) is 0 Å². The molecule has 1 heterocycles. The molecule has 0 amide bonds. The Balaban J connectivity index is 2.93. The smallest absolute Gasteiger partial charge is 0.387 e. The van der Waals surface area contributed by atoms with Crippen LogP contribution >= 0.6 is 15.9 Å². The first-order valence-corrected chi connectivity index (χ1v) is 5.78. The minimum absolute atomic E-state index is 0.0670. The van der Waals surface area contributed by atoms with Crippen molar-refractivity contribution in [1.29, 1.82) is 0 Å². The van der Waals surface area contributed by atoms with Crippen LogP contribution < -0.4 is 5.32 Å². The van der Waals surface area contributed by atoms with Crippen LogP contribution in [0.25, 0.3) is 10.9 Å². The van der Waals surface area contributed by atoms with Gasteiger partial charge in [0.05, 0.1) is 4.47 Å². The van der Waals surface area contributed by atoms with Crippen LogP contribution in [0.2, 0.25) is 0 Å². The van der Waals surface area contributed by atoms with E-state index >= 15 is 0 Å². The van der Waals surface area contributed by atoms with Crippen LogP contribution in [0, 0.1) is 11.6 Å². The van der Waals surface area contributed by atoms with Gasteiger partial charge in [0.1, 0.15) is 17.0 Å². The van der Waals surface area contributed by atoms with Gasteiger partial charge in [0.2, 0.25) is 0 Å². The van der Waals surface area contributed by atoms with Crippen molar-refractivity contribution >= 4 is 32.5 Å². The van der Waals surface area contributed by atoms with E-state index in [2.05, 4.69) is 26.2 Å². The lowest BCUT2D eigenvalue weighted by Gasteiger charge is -2.13. The molecule has 0 saturated carbocycles. The number of pyridine rings is 1. The quantitative estimate of drug-likeness (QED) is 0.617. The summed E-state index contributed by atoms with van der Waals surface area (Å²) in [5.74, 6) is -2.07. The normalized spacial score (nSPS) is 11.9. The monoisotopic (exact) mass is 340 g/mol. The molecule has 0 aliphatic rings. The van der Waals surface area contributed by atoms with Crippen molar-refractivity contribution in [3.8, 4) is 0 Å². The second-order valence-electron chi connectivity index (χ2n) is 3.68. The van der Waals surface area contributed by atoms with Gasteiger partial charge in [0.15, 0.2) is 5.82 Å². The van der Waals surface area contributed by atoms with E-state index < -0.39 is 29.0 Å². The van der Waals surface area contributed by atoms with E-state index in [9.17, 15) is 22.0 Å². The van der Waals surface area contributed by atoms with Crippen LogP contribution in [0.4, 0.5) is 27.6 Å². The molecule has 0 aliphatic carbocycles. The molecule has 1 N–H and O–H groups in total. The Morgan fingerprint density at radius 2 is 1.79 bits per heavy atom. The van der Waals surface area contributed by atoms with E-state index in [4.69, 9.17) is 0 Å². The average Bonchev–Trinajstić information content (AvgIpc) is 2.33.